The fourth-order valence-electron chi connectivity index (χ4n) is 2.43. The van der Waals surface area contributed by atoms with Crippen LogP contribution in [0.4, 0.5) is 0 Å². The third-order valence-electron chi connectivity index (χ3n) is 4.19. The lowest BCUT2D eigenvalue weighted by Gasteiger charge is -2.34. The molecule has 5 nitrogen and oxygen atoms in total. The minimum Gasteiger partial charge on any atom is -0.298 e. The molecule has 0 amide bonds. The van der Waals surface area contributed by atoms with Gasteiger partial charge in [-0.2, -0.15) is 4.31 Å². The molecule has 1 aromatic carbocycles. The van der Waals surface area contributed by atoms with Gasteiger partial charge in [-0.3, -0.25) is 9.69 Å². The van der Waals surface area contributed by atoms with Crippen LogP contribution in [0.3, 0.4) is 0 Å². The maximum absolute atomic E-state index is 12.6. The van der Waals surface area contributed by atoms with Gasteiger partial charge in [-0.05, 0) is 19.1 Å². The lowest BCUT2D eigenvalue weighted by Crippen LogP contribution is -2.50. The van der Waals surface area contributed by atoms with Crippen molar-refractivity contribution < 1.29 is 13.2 Å². The quantitative estimate of drug-likeness (QED) is 0.841. The van der Waals surface area contributed by atoms with E-state index in [2.05, 4.69) is 0 Å². The van der Waals surface area contributed by atoms with Crippen LogP contribution in [0.2, 0.25) is 0 Å². The van der Waals surface area contributed by atoms with Crippen LogP contribution in [0.25, 0.3) is 0 Å². The molecule has 0 aromatic heterocycles. The first-order chi connectivity index (χ1) is 10.6. The number of carbonyl (C=O) groups excluding carboxylic acids is 1. The summed E-state index contributed by atoms with van der Waals surface area (Å²) < 4.78 is 26.8. The molecule has 0 saturated carbocycles. The van der Waals surface area contributed by atoms with E-state index in [4.69, 9.17) is 0 Å². The summed E-state index contributed by atoms with van der Waals surface area (Å²) in [6.45, 7) is 10.1. The first-order valence-corrected chi connectivity index (χ1v) is 9.37. The number of carbonyl (C=O) groups is 1. The molecule has 2 rings (SSSR count). The third-order valence-corrected chi connectivity index (χ3v) is 6.11. The Morgan fingerprint density at radius 3 is 2.04 bits per heavy atom. The molecule has 23 heavy (non-hydrogen) atoms. The van der Waals surface area contributed by atoms with E-state index in [0.717, 1.165) is 5.56 Å². The zero-order chi connectivity index (χ0) is 17.3. The number of aryl methyl sites for hydroxylation is 1. The monoisotopic (exact) mass is 338 g/mol. The molecule has 0 atom stereocenters. The van der Waals surface area contributed by atoms with Gasteiger partial charge in [0.15, 0.2) is 5.78 Å². The Labute approximate surface area is 139 Å². The number of Topliss-reactive ketones (excluding diaryl/α,β-unsaturated/α-hetero) is 1. The van der Waals surface area contributed by atoms with Gasteiger partial charge in [0.2, 0.25) is 10.0 Å². The molecule has 0 unspecified atom stereocenters. The Bertz CT molecular complexity index is 652. The number of piperazine rings is 1. The van der Waals surface area contributed by atoms with Crippen LogP contribution >= 0.6 is 0 Å². The first-order valence-electron chi connectivity index (χ1n) is 7.93. The van der Waals surface area contributed by atoms with E-state index in [1.54, 1.807) is 12.1 Å². The highest BCUT2D eigenvalue weighted by atomic mass is 32.2. The Hall–Kier alpha value is -1.24. The summed E-state index contributed by atoms with van der Waals surface area (Å²) >= 11 is 0. The molecular formula is C17H26N2O3S. The summed E-state index contributed by atoms with van der Waals surface area (Å²) in [5.74, 6) is 0.187. The van der Waals surface area contributed by atoms with Crippen molar-refractivity contribution in [2.75, 3.05) is 32.7 Å². The number of hydrogen-bond donors (Lipinski definition) is 0. The summed E-state index contributed by atoms with van der Waals surface area (Å²) in [5, 5.41) is 0. The second-order valence-corrected chi connectivity index (χ2v) is 9.10. The Kier molecular flexibility index (Phi) is 5.28. The normalized spacial score (nSPS) is 18.1. The van der Waals surface area contributed by atoms with Crippen LogP contribution in [0.15, 0.2) is 29.2 Å². The topological polar surface area (TPSA) is 57.7 Å². The van der Waals surface area contributed by atoms with Gasteiger partial charge >= 0.3 is 0 Å². The van der Waals surface area contributed by atoms with Crippen molar-refractivity contribution in [2.45, 2.75) is 32.6 Å². The van der Waals surface area contributed by atoms with Gasteiger partial charge in [-0.1, -0.05) is 38.5 Å². The third kappa shape index (κ3) is 4.40. The zero-order valence-electron chi connectivity index (χ0n) is 14.4. The van der Waals surface area contributed by atoms with E-state index in [9.17, 15) is 13.2 Å². The van der Waals surface area contributed by atoms with E-state index in [-0.39, 0.29) is 11.2 Å². The average Bonchev–Trinajstić information content (AvgIpc) is 2.47. The fourth-order valence-corrected chi connectivity index (χ4v) is 3.85. The van der Waals surface area contributed by atoms with Gasteiger partial charge in [0, 0.05) is 31.6 Å². The smallest absolute Gasteiger partial charge is 0.243 e. The molecule has 1 aliphatic rings. The lowest BCUT2D eigenvalue weighted by atomic mass is 9.90. The standard InChI is InChI=1S/C17H26N2O3S/c1-14-5-7-15(8-6-14)23(21,22)19-11-9-18(10-12-19)13-16(20)17(2,3)4/h5-8H,9-13H2,1-4H3. The Balaban J connectivity index is 1.98. The van der Waals surface area contributed by atoms with Crippen LogP contribution < -0.4 is 0 Å². The van der Waals surface area contributed by atoms with Gasteiger partial charge in [-0.15, -0.1) is 0 Å². The van der Waals surface area contributed by atoms with Crippen molar-refractivity contribution in [1.82, 2.24) is 9.21 Å². The fraction of sp³-hybridized carbons (Fsp3) is 0.588. The van der Waals surface area contributed by atoms with E-state index >= 15 is 0 Å². The number of nitrogens with zero attached hydrogens (tertiary/aromatic N) is 2. The molecule has 1 heterocycles. The van der Waals surface area contributed by atoms with Crippen molar-refractivity contribution in [3.63, 3.8) is 0 Å². The summed E-state index contributed by atoms with van der Waals surface area (Å²) in [7, 11) is -3.44. The van der Waals surface area contributed by atoms with Gasteiger partial charge < -0.3 is 0 Å². The summed E-state index contributed by atoms with van der Waals surface area (Å²) in [4.78, 5) is 14.5. The number of ketones is 1. The number of hydrogen-bond acceptors (Lipinski definition) is 4. The van der Waals surface area contributed by atoms with E-state index in [0.29, 0.717) is 37.6 Å². The second-order valence-electron chi connectivity index (χ2n) is 7.17. The Morgan fingerprint density at radius 1 is 1.04 bits per heavy atom. The Morgan fingerprint density at radius 2 is 1.57 bits per heavy atom. The van der Waals surface area contributed by atoms with Crippen molar-refractivity contribution in [1.29, 1.82) is 0 Å². The maximum atomic E-state index is 12.6. The molecule has 128 valence electrons. The van der Waals surface area contributed by atoms with Crippen molar-refractivity contribution >= 4 is 15.8 Å². The predicted molar refractivity (Wildman–Crippen MR) is 90.8 cm³/mol. The average molecular weight is 338 g/mol. The van der Waals surface area contributed by atoms with Crippen LogP contribution in [-0.2, 0) is 14.8 Å². The molecule has 0 N–H and O–H groups in total. The SMILES string of the molecule is Cc1ccc(S(=O)(=O)N2CCN(CC(=O)C(C)(C)C)CC2)cc1. The molecule has 1 saturated heterocycles. The summed E-state index contributed by atoms with van der Waals surface area (Å²) in [6.07, 6.45) is 0. The molecule has 0 aliphatic carbocycles. The van der Waals surface area contributed by atoms with Gasteiger partial charge in [0.25, 0.3) is 0 Å². The highest BCUT2D eigenvalue weighted by Gasteiger charge is 2.30. The van der Waals surface area contributed by atoms with Crippen molar-refractivity contribution in [3.8, 4) is 0 Å². The van der Waals surface area contributed by atoms with E-state index < -0.39 is 10.0 Å². The molecule has 0 spiro atoms. The molecule has 0 radical (unpaired) electrons. The zero-order valence-corrected chi connectivity index (χ0v) is 15.2. The number of rotatable bonds is 4. The van der Waals surface area contributed by atoms with Crippen LogP contribution in [0.5, 0.6) is 0 Å². The number of sulfonamides is 1. The summed E-state index contributed by atoms with van der Waals surface area (Å²) in [5.41, 5.74) is 0.680. The molecular weight excluding hydrogens is 312 g/mol. The minimum atomic E-state index is -3.44. The van der Waals surface area contributed by atoms with Crippen molar-refractivity contribution in [3.05, 3.63) is 29.8 Å². The van der Waals surface area contributed by atoms with Crippen LogP contribution in [0, 0.1) is 12.3 Å². The molecule has 6 heteroatoms. The van der Waals surface area contributed by atoms with E-state index in [1.807, 2.05) is 44.7 Å². The van der Waals surface area contributed by atoms with Crippen LogP contribution in [-0.4, -0.2) is 56.1 Å². The lowest BCUT2D eigenvalue weighted by molar-refractivity contribution is -0.127. The summed E-state index contributed by atoms with van der Waals surface area (Å²) in [6, 6.07) is 6.93. The van der Waals surface area contributed by atoms with Crippen molar-refractivity contribution in [2.24, 2.45) is 5.41 Å². The van der Waals surface area contributed by atoms with Gasteiger partial charge in [0.05, 0.1) is 11.4 Å². The molecule has 0 bridgehead atoms. The predicted octanol–water partition coefficient (Wildman–Crippen LogP) is 1.92. The highest BCUT2D eigenvalue weighted by molar-refractivity contribution is 7.89. The molecule has 1 aromatic rings. The van der Waals surface area contributed by atoms with Gasteiger partial charge in [-0.25, -0.2) is 8.42 Å². The maximum Gasteiger partial charge on any atom is 0.243 e. The second kappa shape index (κ2) is 6.71. The molecule has 1 aliphatic heterocycles. The minimum absolute atomic E-state index is 0.187. The first kappa shape index (κ1) is 18.1. The van der Waals surface area contributed by atoms with Crippen LogP contribution in [0.1, 0.15) is 26.3 Å². The van der Waals surface area contributed by atoms with Gasteiger partial charge in [0.1, 0.15) is 0 Å². The highest BCUT2D eigenvalue weighted by Crippen LogP contribution is 2.19. The molecule has 1 fully saturated rings. The largest absolute Gasteiger partial charge is 0.298 e. The van der Waals surface area contributed by atoms with E-state index in [1.165, 1.54) is 4.31 Å². The number of benzene rings is 1.